The van der Waals surface area contributed by atoms with Crippen molar-refractivity contribution in [1.82, 2.24) is 5.32 Å². The first kappa shape index (κ1) is 12.5. The maximum atomic E-state index is 11.3. The van der Waals surface area contributed by atoms with Crippen LogP contribution in [-0.2, 0) is 17.6 Å². The van der Waals surface area contributed by atoms with Crippen molar-refractivity contribution in [3.8, 4) is 0 Å². The fourth-order valence-electron chi connectivity index (χ4n) is 1.47. The molecule has 1 aromatic rings. The first-order valence-electron chi connectivity index (χ1n) is 5.71. The Labute approximate surface area is 97.4 Å². The molecule has 1 rings (SSSR count). The van der Waals surface area contributed by atoms with Crippen LogP contribution < -0.4 is 5.32 Å². The lowest BCUT2D eigenvalue weighted by atomic mass is 10.1. The SMILES string of the molecule is C=CCNC(=O)CCc1ccc(CC)cc1. The highest BCUT2D eigenvalue weighted by Gasteiger charge is 2.00. The van der Waals surface area contributed by atoms with E-state index in [2.05, 4.69) is 43.1 Å². The van der Waals surface area contributed by atoms with Gasteiger partial charge in [0.15, 0.2) is 0 Å². The van der Waals surface area contributed by atoms with Crippen LogP contribution in [0.5, 0.6) is 0 Å². The van der Waals surface area contributed by atoms with Crippen LogP contribution in [0.25, 0.3) is 0 Å². The number of hydrogen-bond acceptors (Lipinski definition) is 1. The van der Waals surface area contributed by atoms with E-state index in [4.69, 9.17) is 0 Å². The molecule has 0 aromatic heterocycles. The van der Waals surface area contributed by atoms with Crippen molar-refractivity contribution in [2.75, 3.05) is 6.54 Å². The summed E-state index contributed by atoms with van der Waals surface area (Å²) in [7, 11) is 0. The first-order chi connectivity index (χ1) is 7.76. The Bertz CT molecular complexity index is 340. The minimum Gasteiger partial charge on any atom is -0.353 e. The smallest absolute Gasteiger partial charge is 0.220 e. The van der Waals surface area contributed by atoms with E-state index in [1.54, 1.807) is 6.08 Å². The molecule has 0 bridgehead atoms. The molecule has 16 heavy (non-hydrogen) atoms. The highest BCUT2D eigenvalue weighted by Crippen LogP contribution is 2.07. The van der Waals surface area contributed by atoms with Crippen molar-refractivity contribution >= 4 is 5.91 Å². The van der Waals surface area contributed by atoms with Crippen LogP contribution in [0.1, 0.15) is 24.5 Å². The zero-order valence-corrected chi connectivity index (χ0v) is 9.83. The van der Waals surface area contributed by atoms with Gasteiger partial charge in [0.2, 0.25) is 5.91 Å². The average Bonchev–Trinajstić information content (AvgIpc) is 2.34. The van der Waals surface area contributed by atoms with Gasteiger partial charge in [0, 0.05) is 13.0 Å². The van der Waals surface area contributed by atoms with Gasteiger partial charge in [-0.2, -0.15) is 0 Å². The Morgan fingerprint density at radius 1 is 1.31 bits per heavy atom. The molecule has 2 heteroatoms. The van der Waals surface area contributed by atoms with Crippen molar-refractivity contribution in [3.05, 3.63) is 48.0 Å². The molecule has 0 atom stereocenters. The molecule has 0 saturated heterocycles. The van der Waals surface area contributed by atoms with Crippen LogP contribution in [0.3, 0.4) is 0 Å². The van der Waals surface area contributed by atoms with Gasteiger partial charge in [-0.3, -0.25) is 4.79 Å². The Morgan fingerprint density at radius 3 is 2.50 bits per heavy atom. The molecule has 0 heterocycles. The third-order valence-corrected chi connectivity index (χ3v) is 2.52. The Hall–Kier alpha value is -1.57. The molecule has 2 nitrogen and oxygen atoms in total. The number of hydrogen-bond donors (Lipinski definition) is 1. The molecule has 1 aromatic carbocycles. The molecular weight excluding hydrogens is 198 g/mol. The minimum atomic E-state index is 0.0828. The van der Waals surface area contributed by atoms with Gasteiger partial charge < -0.3 is 5.32 Å². The quantitative estimate of drug-likeness (QED) is 0.729. The average molecular weight is 217 g/mol. The number of nitrogens with one attached hydrogen (secondary N) is 1. The number of amides is 1. The highest BCUT2D eigenvalue weighted by atomic mass is 16.1. The molecule has 0 spiro atoms. The van der Waals surface area contributed by atoms with Crippen molar-refractivity contribution in [2.45, 2.75) is 26.2 Å². The van der Waals surface area contributed by atoms with E-state index < -0.39 is 0 Å². The Morgan fingerprint density at radius 2 is 1.94 bits per heavy atom. The lowest BCUT2D eigenvalue weighted by Crippen LogP contribution is -2.23. The van der Waals surface area contributed by atoms with Gasteiger partial charge in [0.05, 0.1) is 0 Å². The fourth-order valence-corrected chi connectivity index (χ4v) is 1.47. The zero-order valence-electron chi connectivity index (χ0n) is 9.83. The zero-order chi connectivity index (χ0) is 11.8. The van der Waals surface area contributed by atoms with Gasteiger partial charge >= 0.3 is 0 Å². The van der Waals surface area contributed by atoms with Crippen LogP contribution in [0, 0.1) is 0 Å². The van der Waals surface area contributed by atoms with E-state index >= 15 is 0 Å². The second kappa shape index (κ2) is 6.83. The fraction of sp³-hybridized carbons (Fsp3) is 0.357. The van der Waals surface area contributed by atoms with Crippen molar-refractivity contribution in [3.63, 3.8) is 0 Å². The summed E-state index contributed by atoms with van der Waals surface area (Å²) in [6.45, 7) is 6.24. The summed E-state index contributed by atoms with van der Waals surface area (Å²) in [5.41, 5.74) is 2.55. The van der Waals surface area contributed by atoms with E-state index in [-0.39, 0.29) is 5.91 Å². The summed E-state index contributed by atoms with van der Waals surface area (Å²) >= 11 is 0. The summed E-state index contributed by atoms with van der Waals surface area (Å²) in [4.78, 5) is 11.3. The van der Waals surface area contributed by atoms with Crippen molar-refractivity contribution in [1.29, 1.82) is 0 Å². The van der Waals surface area contributed by atoms with Crippen LogP contribution in [0.4, 0.5) is 0 Å². The third-order valence-electron chi connectivity index (χ3n) is 2.52. The van der Waals surface area contributed by atoms with Gasteiger partial charge in [-0.25, -0.2) is 0 Å². The molecule has 0 saturated carbocycles. The Kier molecular flexibility index (Phi) is 5.34. The van der Waals surface area contributed by atoms with Crippen LogP contribution in [-0.4, -0.2) is 12.5 Å². The maximum absolute atomic E-state index is 11.3. The number of rotatable bonds is 6. The summed E-state index contributed by atoms with van der Waals surface area (Å²) < 4.78 is 0. The molecule has 0 unspecified atom stereocenters. The largest absolute Gasteiger partial charge is 0.353 e. The van der Waals surface area contributed by atoms with Gasteiger partial charge in [-0.1, -0.05) is 37.3 Å². The standard InChI is InChI=1S/C14H19NO/c1-3-11-15-14(16)10-9-13-7-5-12(4-2)6-8-13/h3,5-8H,1,4,9-11H2,2H3,(H,15,16). The lowest BCUT2D eigenvalue weighted by molar-refractivity contribution is -0.120. The predicted octanol–water partition coefficient (Wildman–Crippen LogP) is 2.48. The number of aryl methyl sites for hydroxylation is 2. The number of carbonyl (C=O) groups is 1. The normalized spacial score (nSPS) is 9.81. The number of carbonyl (C=O) groups excluding carboxylic acids is 1. The molecule has 0 fully saturated rings. The summed E-state index contributed by atoms with van der Waals surface area (Å²) in [5, 5.41) is 2.77. The second-order valence-electron chi connectivity index (χ2n) is 3.76. The van der Waals surface area contributed by atoms with E-state index in [1.165, 1.54) is 11.1 Å². The van der Waals surface area contributed by atoms with Crippen LogP contribution >= 0.6 is 0 Å². The molecule has 1 amide bonds. The van der Waals surface area contributed by atoms with Gasteiger partial charge in [0.1, 0.15) is 0 Å². The van der Waals surface area contributed by atoms with Gasteiger partial charge in [-0.15, -0.1) is 6.58 Å². The monoisotopic (exact) mass is 217 g/mol. The second-order valence-corrected chi connectivity index (χ2v) is 3.76. The van der Waals surface area contributed by atoms with Crippen LogP contribution in [0.15, 0.2) is 36.9 Å². The van der Waals surface area contributed by atoms with E-state index in [9.17, 15) is 4.79 Å². The van der Waals surface area contributed by atoms with Crippen molar-refractivity contribution in [2.24, 2.45) is 0 Å². The molecule has 0 aliphatic carbocycles. The van der Waals surface area contributed by atoms with E-state index in [1.807, 2.05) is 0 Å². The molecule has 1 N–H and O–H groups in total. The summed E-state index contributed by atoms with van der Waals surface area (Å²) in [5.74, 6) is 0.0828. The molecule has 0 aliphatic heterocycles. The minimum absolute atomic E-state index is 0.0828. The van der Waals surface area contributed by atoms with Crippen LogP contribution in [0.2, 0.25) is 0 Å². The van der Waals surface area contributed by atoms with Gasteiger partial charge in [-0.05, 0) is 24.0 Å². The third kappa shape index (κ3) is 4.30. The summed E-state index contributed by atoms with van der Waals surface area (Å²) in [6, 6.07) is 8.44. The number of benzene rings is 1. The maximum Gasteiger partial charge on any atom is 0.220 e. The van der Waals surface area contributed by atoms with E-state index in [0.29, 0.717) is 13.0 Å². The van der Waals surface area contributed by atoms with Crippen molar-refractivity contribution < 1.29 is 4.79 Å². The Balaban J connectivity index is 2.36. The molecular formula is C14H19NO. The van der Waals surface area contributed by atoms with Gasteiger partial charge in [0.25, 0.3) is 0 Å². The highest BCUT2D eigenvalue weighted by molar-refractivity contribution is 5.76. The summed E-state index contributed by atoms with van der Waals surface area (Å²) in [6.07, 6.45) is 4.08. The lowest BCUT2D eigenvalue weighted by Gasteiger charge is -2.03. The predicted molar refractivity (Wildman–Crippen MR) is 67.3 cm³/mol. The molecule has 86 valence electrons. The topological polar surface area (TPSA) is 29.1 Å². The first-order valence-corrected chi connectivity index (χ1v) is 5.71. The van der Waals surface area contributed by atoms with E-state index in [0.717, 1.165) is 12.8 Å². The molecule has 0 radical (unpaired) electrons. The molecule has 0 aliphatic rings.